The molecule has 0 radical (unpaired) electrons. The molecule has 0 aliphatic rings. The lowest BCUT2D eigenvalue weighted by atomic mass is 10.4. The quantitative estimate of drug-likeness (QED) is 0.731. The Kier molecular flexibility index (Phi) is 4.03. The first-order valence-corrected chi connectivity index (χ1v) is 7.92. The molecule has 3 rings (SSSR count). The Hall–Kier alpha value is -2.42. The molecule has 0 spiro atoms. The summed E-state index contributed by atoms with van der Waals surface area (Å²) in [5.41, 5.74) is 1.83. The summed E-state index contributed by atoms with van der Waals surface area (Å²) in [4.78, 5) is 20.9. The van der Waals surface area contributed by atoms with Crippen LogP contribution in [0, 0.1) is 20.8 Å². The lowest BCUT2D eigenvalue weighted by Crippen LogP contribution is -2.22. The summed E-state index contributed by atoms with van der Waals surface area (Å²) in [6, 6.07) is 3.59. The number of aryl methyl sites for hydroxylation is 3. The zero-order valence-electron chi connectivity index (χ0n) is 13.2. The molecule has 0 fully saturated rings. The SMILES string of the molecule is Cc1cc(C)n2nc(S[C@H](C)C(=O)Nc3cc(C)on3)nc2n1. The highest BCUT2D eigenvalue weighted by Gasteiger charge is 2.19. The van der Waals surface area contributed by atoms with Gasteiger partial charge in [0, 0.05) is 17.5 Å². The number of nitrogens with zero attached hydrogens (tertiary/aromatic N) is 5. The Labute approximate surface area is 136 Å². The van der Waals surface area contributed by atoms with Crippen molar-refractivity contribution >= 4 is 29.3 Å². The second kappa shape index (κ2) is 5.99. The van der Waals surface area contributed by atoms with Gasteiger partial charge in [0.25, 0.3) is 5.78 Å². The minimum absolute atomic E-state index is 0.192. The van der Waals surface area contributed by atoms with Gasteiger partial charge < -0.3 is 9.84 Å². The van der Waals surface area contributed by atoms with Crippen LogP contribution in [0.25, 0.3) is 5.78 Å². The van der Waals surface area contributed by atoms with Crippen molar-refractivity contribution in [1.82, 2.24) is 24.7 Å². The minimum Gasteiger partial charge on any atom is -0.360 e. The molecule has 1 amide bonds. The molecular formula is C14H16N6O2S. The van der Waals surface area contributed by atoms with Gasteiger partial charge in [0.2, 0.25) is 11.1 Å². The largest absolute Gasteiger partial charge is 0.360 e. The Bertz CT molecular complexity index is 871. The van der Waals surface area contributed by atoms with E-state index in [2.05, 4.69) is 25.5 Å². The van der Waals surface area contributed by atoms with E-state index in [1.165, 1.54) is 11.8 Å². The Morgan fingerprint density at radius 3 is 2.78 bits per heavy atom. The summed E-state index contributed by atoms with van der Waals surface area (Å²) in [5, 5.41) is 10.9. The van der Waals surface area contributed by atoms with E-state index in [9.17, 15) is 4.79 Å². The third-order valence-electron chi connectivity index (χ3n) is 3.13. The van der Waals surface area contributed by atoms with E-state index in [4.69, 9.17) is 4.52 Å². The number of hydrogen-bond acceptors (Lipinski definition) is 7. The van der Waals surface area contributed by atoms with Gasteiger partial charge in [-0.15, -0.1) is 5.10 Å². The Morgan fingerprint density at radius 1 is 1.30 bits per heavy atom. The predicted octanol–water partition coefficient (Wildman–Crippen LogP) is 2.16. The lowest BCUT2D eigenvalue weighted by molar-refractivity contribution is -0.115. The first-order valence-electron chi connectivity index (χ1n) is 7.04. The zero-order valence-corrected chi connectivity index (χ0v) is 14.0. The van der Waals surface area contributed by atoms with Crippen LogP contribution in [0.1, 0.15) is 24.1 Å². The fraction of sp³-hybridized carbons (Fsp3) is 0.357. The van der Waals surface area contributed by atoms with Gasteiger partial charge in [-0.05, 0) is 33.8 Å². The molecule has 3 aromatic rings. The van der Waals surface area contributed by atoms with E-state index in [-0.39, 0.29) is 11.2 Å². The van der Waals surface area contributed by atoms with Crippen LogP contribution in [0.2, 0.25) is 0 Å². The number of thioether (sulfide) groups is 1. The number of aromatic nitrogens is 5. The van der Waals surface area contributed by atoms with E-state index in [1.54, 1.807) is 24.4 Å². The molecule has 8 nitrogen and oxygen atoms in total. The van der Waals surface area contributed by atoms with Crippen LogP contribution in [-0.2, 0) is 4.79 Å². The van der Waals surface area contributed by atoms with Gasteiger partial charge >= 0.3 is 0 Å². The van der Waals surface area contributed by atoms with Crippen molar-refractivity contribution in [2.75, 3.05) is 5.32 Å². The number of fused-ring (bicyclic) bond motifs is 1. The van der Waals surface area contributed by atoms with Gasteiger partial charge in [0.05, 0.1) is 5.25 Å². The average molecular weight is 332 g/mol. The minimum atomic E-state index is -0.383. The van der Waals surface area contributed by atoms with Gasteiger partial charge in [-0.2, -0.15) is 4.98 Å². The maximum absolute atomic E-state index is 12.2. The van der Waals surface area contributed by atoms with Crippen LogP contribution in [0.5, 0.6) is 0 Å². The van der Waals surface area contributed by atoms with Gasteiger partial charge in [0.1, 0.15) is 5.76 Å². The second-order valence-corrected chi connectivity index (χ2v) is 6.53. The lowest BCUT2D eigenvalue weighted by Gasteiger charge is -2.07. The highest BCUT2D eigenvalue weighted by molar-refractivity contribution is 8.00. The van der Waals surface area contributed by atoms with Crippen molar-refractivity contribution in [3.63, 3.8) is 0 Å². The molecule has 120 valence electrons. The molecule has 1 atom stereocenters. The van der Waals surface area contributed by atoms with Crippen molar-refractivity contribution in [1.29, 1.82) is 0 Å². The standard InChI is InChI=1S/C14H16N6O2S/c1-7-5-8(2)20-13(15-7)17-14(18-20)23-10(4)12(21)16-11-6-9(3)22-19-11/h5-6,10H,1-4H3,(H,16,19,21)/t10-/m1/s1. The van der Waals surface area contributed by atoms with Crippen LogP contribution in [0.3, 0.4) is 0 Å². The zero-order chi connectivity index (χ0) is 16.6. The molecule has 0 aliphatic carbocycles. The van der Waals surface area contributed by atoms with Gasteiger partial charge in [0.15, 0.2) is 5.82 Å². The monoisotopic (exact) mass is 332 g/mol. The van der Waals surface area contributed by atoms with Gasteiger partial charge in [-0.1, -0.05) is 16.9 Å². The van der Waals surface area contributed by atoms with Crippen LogP contribution in [-0.4, -0.2) is 35.9 Å². The molecule has 0 aliphatic heterocycles. The molecule has 23 heavy (non-hydrogen) atoms. The highest BCUT2D eigenvalue weighted by Crippen LogP contribution is 2.22. The van der Waals surface area contributed by atoms with Crippen molar-refractivity contribution in [3.8, 4) is 0 Å². The summed E-state index contributed by atoms with van der Waals surface area (Å²) >= 11 is 1.26. The fourth-order valence-electron chi connectivity index (χ4n) is 2.06. The summed E-state index contributed by atoms with van der Waals surface area (Å²) in [6.45, 7) is 7.39. The van der Waals surface area contributed by atoms with E-state index in [1.807, 2.05) is 19.9 Å². The first kappa shape index (κ1) is 15.5. The molecular weight excluding hydrogens is 316 g/mol. The first-order chi connectivity index (χ1) is 10.9. The summed E-state index contributed by atoms with van der Waals surface area (Å²) in [7, 11) is 0. The van der Waals surface area contributed by atoms with E-state index >= 15 is 0 Å². The normalized spacial score (nSPS) is 12.5. The van der Waals surface area contributed by atoms with Crippen molar-refractivity contribution < 1.29 is 9.32 Å². The number of hydrogen-bond donors (Lipinski definition) is 1. The number of rotatable bonds is 4. The molecule has 0 saturated carbocycles. The maximum Gasteiger partial charge on any atom is 0.253 e. The second-order valence-electron chi connectivity index (χ2n) is 5.22. The molecule has 9 heteroatoms. The topological polar surface area (TPSA) is 98.2 Å². The number of nitrogens with one attached hydrogen (secondary N) is 1. The summed E-state index contributed by atoms with van der Waals surface area (Å²) in [6.07, 6.45) is 0. The molecule has 0 bridgehead atoms. The average Bonchev–Trinajstić information content (AvgIpc) is 3.05. The maximum atomic E-state index is 12.2. The van der Waals surface area contributed by atoms with Crippen molar-refractivity contribution in [3.05, 3.63) is 29.3 Å². The third kappa shape index (κ3) is 3.34. The Morgan fingerprint density at radius 2 is 2.09 bits per heavy atom. The summed E-state index contributed by atoms with van der Waals surface area (Å²) in [5.74, 6) is 1.38. The Balaban J connectivity index is 1.73. The van der Waals surface area contributed by atoms with Crippen molar-refractivity contribution in [2.45, 2.75) is 38.1 Å². The molecule has 3 aromatic heterocycles. The summed E-state index contributed by atoms with van der Waals surface area (Å²) < 4.78 is 6.59. The molecule has 0 saturated heterocycles. The predicted molar refractivity (Wildman–Crippen MR) is 85.4 cm³/mol. The molecule has 0 unspecified atom stereocenters. The number of anilines is 1. The van der Waals surface area contributed by atoms with Crippen molar-refractivity contribution in [2.24, 2.45) is 0 Å². The molecule has 0 aromatic carbocycles. The van der Waals surface area contributed by atoms with Crippen LogP contribution in [0.15, 0.2) is 21.8 Å². The molecule has 3 heterocycles. The third-order valence-corrected chi connectivity index (χ3v) is 4.08. The fourth-order valence-corrected chi connectivity index (χ4v) is 2.81. The van der Waals surface area contributed by atoms with Crippen LogP contribution >= 0.6 is 11.8 Å². The van der Waals surface area contributed by atoms with E-state index in [0.29, 0.717) is 22.5 Å². The smallest absolute Gasteiger partial charge is 0.253 e. The number of amides is 1. The van der Waals surface area contributed by atoms with E-state index in [0.717, 1.165) is 11.4 Å². The van der Waals surface area contributed by atoms with Gasteiger partial charge in [-0.3, -0.25) is 4.79 Å². The number of carbonyl (C=O) groups excluding carboxylic acids is 1. The van der Waals surface area contributed by atoms with Crippen LogP contribution < -0.4 is 5.32 Å². The highest BCUT2D eigenvalue weighted by atomic mass is 32.2. The van der Waals surface area contributed by atoms with E-state index < -0.39 is 0 Å². The van der Waals surface area contributed by atoms with Gasteiger partial charge in [-0.25, -0.2) is 9.50 Å². The molecule has 1 N–H and O–H groups in total. The number of carbonyl (C=O) groups is 1. The van der Waals surface area contributed by atoms with Crippen LogP contribution in [0.4, 0.5) is 5.82 Å².